The molecule has 1 saturated heterocycles. The van der Waals surface area contributed by atoms with E-state index < -0.39 is 8.46 Å². The van der Waals surface area contributed by atoms with Crippen LogP contribution in [0.1, 0.15) is 12.8 Å². The predicted molar refractivity (Wildman–Crippen MR) is 46.0 cm³/mol. The maximum absolute atomic E-state index is 8.43. The molecule has 3 heteroatoms. The monoisotopic (exact) mass is 207 g/mol. The highest BCUT2D eigenvalue weighted by atomic mass is 79.9. The van der Waals surface area contributed by atoms with Crippen LogP contribution in [0.3, 0.4) is 0 Å². The normalized spacial score (nSPS) is 27.1. The Hall–Kier alpha value is 0.320. The summed E-state index contributed by atoms with van der Waals surface area (Å²) in [5, 5.41) is 8.43. The Morgan fingerprint density at radius 1 is 1.44 bits per heavy atom. The van der Waals surface area contributed by atoms with Gasteiger partial charge in [0.25, 0.3) is 0 Å². The zero-order chi connectivity index (χ0) is 6.74. The Morgan fingerprint density at radius 2 is 2.00 bits per heavy atom. The first kappa shape index (κ1) is 7.43. The van der Waals surface area contributed by atoms with Crippen molar-refractivity contribution in [2.45, 2.75) is 12.8 Å². The van der Waals surface area contributed by atoms with Crippen molar-refractivity contribution < 1.29 is 0 Å². The Labute approximate surface area is 65.0 Å². The van der Waals surface area contributed by atoms with Crippen LogP contribution in [0.2, 0.25) is 0 Å². The minimum atomic E-state index is -0.602. The molecule has 0 atom stereocenters. The lowest BCUT2D eigenvalue weighted by Gasteiger charge is -2.22. The first-order valence-corrected chi connectivity index (χ1v) is 7.08. The van der Waals surface area contributed by atoms with E-state index in [-0.39, 0.29) is 0 Å². The summed E-state index contributed by atoms with van der Waals surface area (Å²) in [4.78, 5) is 0. The van der Waals surface area contributed by atoms with Gasteiger partial charge in [-0.05, 0) is 39.2 Å². The average Bonchev–Trinajstić information content (AvgIpc) is 2.16. The minimum Gasteiger partial charge on any atom is -0.197 e. The van der Waals surface area contributed by atoms with Crippen LogP contribution >= 0.6 is 23.3 Å². The molecular weight excluding hydrogens is 198 g/mol. The van der Waals surface area contributed by atoms with E-state index >= 15 is 0 Å². The van der Waals surface area contributed by atoms with Crippen molar-refractivity contribution in [3.8, 4) is 6.07 Å². The second-order valence-electron chi connectivity index (χ2n) is 2.36. The van der Waals surface area contributed by atoms with E-state index in [1.807, 2.05) is 0 Å². The molecule has 0 unspecified atom stereocenters. The maximum atomic E-state index is 8.43. The van der Waals surface area contributed by atoms with Gasteiger partial charge in [0, 0.05) is 0 Å². The summed E-state index contributed by atoms with van der Waals surface area (Å²) in [6.07, 6.45) is 2.64. The lowest BCUT2D eigenvalue weighted by molar-refractivity contribution is 0.949. The Morgan fingerprint density at radius 3 is 2.44 bits per heavy atom. The van der Waals surface area contributed by atoms with E-state index in [0.717, 1.165) is 5.75 Å². The molecule has 1 fully saturated rings. The van der Waals surface area contributed by atoms with Gasteiger partial charge in [0.15, 0.2) is 0 Å². The molecule has 9 heavy (non-hydrogen) atoms. The third-order valence-electron chi connectivity index (χ3n) is 1.59. The van der Waals surface area contributed by atoms with E-state index in [2.05, 4.69) is 20.9 Å². The van der Waals surface area contributed by atoms with Crippen molar-refractivity contribution in [2.24, 2.45) is 0 Å². The molecule has 0 N–H and O–H groups in total. The largest absolute Gasteiger partial charge is 0.197 e. The van der Waals surface area contributed by atoms with Gasteiger partial charge in [-0.3, -0.25) is 0 Å². The third kappa shape index (κ3) is 1.87. The fraction of sp³-hybridized carbons (Fsp3) is 0.833. The van der Waals surface area contributed by atoms with Crippen LogP contribution in [0, 0.1) is 11.3 Å². The van der Waals surface area contributed by atoms with Crippen molar-refractivity contribution >= 4 is 23.3 Å². The molecule has 0 bridgehead atoms. The van der Waals surface area contributed by atoms with E-state index in [1.54, 1.807) is 0 Å². The highest BCUT2D eigenvalue weighted by molar-refractivity contribution is 9.58. The highest BCUT2D eigenvalue weighted by Crippen LogP contribution is 2.59. The lowest BCUT2D eigenvalue weighted by Crippen LogP contribution is -1.95. The lowest BCUT2D eigenvalue weighted by atomic mass is 10.4. The topological polar surface area (TPSA) is 23.8 Å². The van der Waals surface area contributed by atoms with E-state index in [1.165, 1.54) is 24.3 Å². The SMILES string of the molecule is N#CCS1(Br)CCCC1. The Bertz CT molecular complexity index is 134. The van der Waals surface area contributed by atoms with Gasteiger partial charge in [0.05, 0.1) is 11.8 Å². The second kappa shape index (κ2) is 2.94. The number of hydrogen-bond donors (Lipinski definition) is 0. The van der Waals surface area contributed by atoms with Crippen LogP contribution in [0.5, 0.6) is 0 Å². The predicted octanol–water partition coefficient (Wildman–Crippen LogP) is 2.42. The summed E-state index contributed by atoms with van der Waals surface area (Å²) < 4.78 is 0. The summed E-state index contributed by atoms with van der Waals surface area (Å²) in [5.74, 6) is 3.29. The van der Waals surface area contributed by atoms with Crippen LogP contribution in [0.25, 0.3) is 0 Å². The van der Waals surface area contributed by atoms with E-state index in [0.29, 0.717) is 0 Å². The molecular formula is C6H10BrNS. The Kier molecular flexibility index (Phi) is 2.42. The molecule has 1 nitrogen and oxygen atoms in total. The fourth-order valence-electron chi connectivity index (χ4n) is 1.08. The first-order chi connectivity index (χ1) is 4.27. The minimum absolute atomic E-state index is 0.602. The molecule has 0 aliphatic carbocycles. The second-order valence-corrected chi connectivity index (χ2v) is 9.46. The van der Waals surface area contributed by atoms with Crippen LogP contribution in [-0.2, 0) is 0 Å². The molecule has 0 aromatic carbocycles. The molecule has 1 rings (SSSR count). The summed E-state index contributed by atoms with van der Waals surface area (Å²) in [6.45, 7) is 0. The standard InChI is InChI=1S/C6H10BrNS/c7-9(6-3-8)4-1-2-5-9/h1-2,4-6H2. The van der Waals surface area contributed by atoms with Gasteiger partial charge in [0.2, 0.25) is 0 Å². The fourth-order valence-corrected chi connectivity index (χ4v) is 4.93. The molecule has 0 saturated carbocycles. The van der Waals surface area contributed by atoms with Gasteiger partial charge in [-0.25, -0.2) is 0 Å². The van der Waals surface area contributed by atoms with Crippen molar-refractivity contribution in [2.75, 3.05) is 17.3 Å². The molecule has 1 aliphatic heterocycles. The number of nitriles is 1. The van der Waals surface area contributed by atoms with Gasteiger partial charge in [-0.15, -0.1) is 0 Å². The molecule has 0 radical (unpaired) electrons. The highest BCUT2D eigenvalue weighted by Gasteiger charge is 2.24. The number of nitrogens with zero attached hydrogens (tertiary/aromatic N) is 1. The smallest absolute Gasteiger partial charge is 0.0740 e. The van der Waals surface area contributed by atoms with Gasteiger partial charge in [0.1, 0.15) is 0 Å². The van der Waals surface area contributed by atoms with Crippen LogP contribution in [0.15, 0.2) is 0 Å². The van der Waals surface area contributed by atoms with Crippen molar-refractivity contribution in [1.82, 2.24) is 0 Å². The molecule has 1 aliphatic rings. The summed E-state index contributed by atoms with van der Waals surface area (Å²) in [5.41, 5.74) is 0. The first-order valence-electron chi connectivity index (χ1n) is 3.10. The van der Waals surface area contributed by atoms with Gasteiger partial charge in [-0.1, -0.05) is 0 Å². The maximum Gasteiger partial charge on any atom is 0.0740 e. The molecule has 0 spiro atoms. The van der Waals surface area contributed by atoms with Gasteiger partial charge in [-0.2, -0.15) is 13.7 Å². The van der Waals surface area contributed by atoms with Crippen LogP contribution in [-0.4, -0.2) is 17.3 Å². The quantitative estimate of drug-likeness (QED) is 0.649. The summed E-state index contributed by atoms with van der Waals surface area (Å²) >= 11 is 3.67. The zero-order valence-corrected chi connectivity index (χ0v) is 7.67. The molecule has 0 aromatic heterocycles. The molecule has 0 aromatic rings. The van der Waals surface area contributed by atoms with Gasteiger partial charge >= 0.3 is 0 Å². The Balaban J connectivity index is 2.43. The van der Waals surface area contributed by atoms with Crippen molar-refractivity contribution in [1.29, 1.82) is 5.26 Å². The average molecular weight is 208 g/mol. The van der Waals surface area contributed by atoms with Crippen molar-refractivity contribution in [3.63, 3.8) is 0 Å². The summed E-state index contributed by atoms with van der Waals surface area (Å²) in [6, 6.07) is 2.24. The van der Waals surface area contributed by atoms with E-state index in [4.69, 9.17) is 5.26 Å². The van der Waals surface area contributed by atoms with E-state index in [9.17, 15) is 0 Å². The third-order valence-corrected chi connectivity index (χ3v) is 6.91. The number of hydrogen-bond acceptors (Lipinski definition) is 1. The van der Waals surface area contributed by atoms with Gasteiger partial charge < -0.3 is 0 Å². The number of halogens is 1. The summed E-state index contributed by atoms with van der Waals surface area (Å²) in [7, 11) is -0.602. The molecule has 52 valence electrons. The zero-order valence-electron chi connectivity index (χ0n) is 5.27. The molecule has 0 amide bonds. The van der Waals surface area contributed by atoms with Crippen LogP contribution in [0.4, 0.5) is 0 Å². The van der Waals surface area contributed by atoms with Crippen molar-refractivity contribution in [3.05, 3.63) is 0 Å². The molecule has 1 heterocycles. The van der Waals surface area contributed by atoms with Crippen LogP contribution < -0.4 is 0 Å². The number of rotatable bonds is 1.